The Balaban J connectivity index is 1.47. The van der Waals surface area contributed by atoms with E-state index in [1.54, 1.807) is 24.4 Å². The number of nitrogens with one attached hydrogen (secondary N) is 2. The molecule has 1 atom stereocenters. The number of urea groups is 1. The third-order valence-corrected chi connectivity index (χ3v) is 5.56. The van der Waals surface area contributed by atoms with Gasteiger partial charge >= 0.3 is 6.03 Å². The molecule has 0 unspecified atom stereocenters. The molecule has 2 aliphatic heterocycles. The van der Waals surface area contributed by atoms with Crippen molar-refractivity contribution in [3.63, 3.8) is 0 Å². The number of methoxy groups -OCH3 is 1. The third kappa shape index (κ3) is 3.22. The lowest BCUT2D eigenvalue weighted by Crippen LogP contribution is -2.54. The fraction of sp³-hybridized carbons (Fsp3) is 0.217. The fourth-order valence-corrected chi connectivity index (χ4v) is 3.98. The molecule has 0 spiro atoms. The van der Waals surface area contributed by atoms with Gasteiger partial charge in [0, 0.05) is 30.1 Å². The van der Waals surface area contributed by atoms with Crippen LogP contribution < -0.4 is 15.4 Å². The second-order valence-electron chi connectivity index (χ2n) is 7.81. The molecule has 0 bridgehead atoms. The monoisotopic (exact) mass is 429 g/mol. The molecule has 4 heterocycles. The molecule has 4 amide bonds. The molecule has 3 aromatic rings. The number of hydrogen-bond donors (Lipinski definition) is 2. The Hall–Kier alpha value is -4.32. The van der Waals surface area contributed by atoms with E-state index in [9.17, 15) is 14.4 Å². The van der Waals surface area contributed by atoms with Crippen LogP contribution in [0.3, 0.4) is 0 Å². The maximum Gasteiger partial charge on any atom is 0.323 e. The summed E-state index contributed by atoms with van der Waals surface area (Å²) in [5.41, 5.74) is 2.08. The molecule has 5 rings (SSSR count). The molecule has 32 heavy (non-hydrogen) atoms. The van der Waals surface area contributed by atoms with Gasteiger partial charge in [0.25, 0.3) is 11.8 Å². The lowest BCUT2D eigenvalue weighted by molar-refractivity contribution is -0.122. The van der Waals surface area contributed by atoms with Crippen molar-refractivity contribution in [3.8, 4) is 17.6 Å². The van der Waals surface area contributed by atoms with Crippen molar-refractivity contribution >= 4 is 23.5 Å². The van der Waals surface area contributed by atoms with E-state index in [2.05, 4.69) is 27.5 Å². The minimum absolute atomic E-state index is 0.0835. The van der Waals surface area contributed by atoms with E-state index in [1.165, 1.54) is 12.0 Å². The molecule has 2 aliphatic rings. The van der Waals surface area contributed by atoms with E-state index >= 15 is 0 Å². The predicted molar refractivity (Wildman–Crippen MR) is 114 cm³/mol. The van der Waals surface area contributed by atoms with E-state index in [-0.39, 0.29) is 12.5 Å². The van der Waals surface area contributed by atoms with Crippen molar-refractivity contribution in [1.82, 2.24) is 24.9 Å². The molecule has 2 N–H and O–H groups in total. The summed E-state index contributed by atoms with van der Waals surface area (Å²) in [6, 6.07) is 8.25. The van der Waals surface area contributed by atoms with Gasteiger partial charge in [-0.2, -0.15) is 0 Å². The molecule has 1 fully saturated rings. The van der Waals surface area contributed by atoms with Crippen LogP contribution in [-0.4, -0.2) is 51.3 Å². The lowest BCUT2D eigenvalue weighted by Gasteiger charge is -2.26. The largest absolute Gasteiger partial charge is 0.497 e. The lowest BCUT2D eigenvalue weighted by atomic mass is 9.99. The van der Waals surface area contributed by atoms with Gasteiger partial charge in [-0.1, -0.05) is 17.9 Å². The van der Waals surface area contributed by atoms with Crippen LogP contribution in [0, 0.1) is 18.8 Å². The van der Waals surface area contributed by atoms with Crippen LogP contribution in [0.4, 0.5) is 4.79 Å². The molecule has 9 heteroatoms. The van der Waals surface area contributed by atoms with Crippen molar-refractivity contribution in [1.29, 1.82) is 0 Å². The molecule has 9 nitrogen and oxygen atoms in total. The number of imidazole rings is 1. The highest BCUT2D eigenvalue weighted by molar-refractivity contribution is 6.10. The van der Waals surface area contributed by atoms with E-state index in [4.69, 9.17) is 4.74 Å². The van der Waals surface area contributed by atoms with Crippen LogP contribution in [0.5, 0.6) is 5.75 Å². The van der Waals surface area contributed by atoms with Crippen molar-refractivity contribution in [3.05, 3.63) is 65.1 Å². The Labute approximate surface area is 183 Å². The summed E-state index contributed by atoms with van der Waals surface area (Å²) in [4.78, 5) is 43.6. The first-order chi connectivity index (χ1) is 15.4. The van der Waals surface area contributed by atoms with Gasteiger partial charge in [0.05, 0.1) is 19.3 Å². The van der Waals surface area contributed by atoms with Gasteiger partial charge in [-0.05, 0) is 36.8 Å². The average Bonchev–Trinajstić information content (AvgIpc) is 3.38. The zero-order valence-electron chi connectivity index (χ0n) is 17.4. The summed E-state index contributed by atoms with van der Waals surface area (Å²) < 4.78 is 7.05. The number of carbonyl (C=O) groups is 3. The van der Waals surface area contributed by atoms with Crippen molar-refractivity contribution < 1.29 is 19.1 Å². The van der Waals surface area contributed by atoms with Gasteiger partial charge in [0.1, 0.15) is 11.4 Å². The summed E-state index contributed by atoms with van der Waals surface area (Å²) in [5, 5.41) is 4.86. The molecule has 0 saturated carbocycles. The molecule has 0 aliphatic carbocycles. The van der Waals surface area contributed by atoms with Gasteiger partial charge in [-0.15, -0.1) is 0 Å². The SMILES string of the molecule is COc1ccc2c(c1)C(=O)N(C[C@@]1(C#Cc3ccc4nc(C)cn4c3)NC(=O)NC1=O)C2. The first kappa shape index (κ1) is 19.6. The fourth-order valence-electron chi connectivity index (χ4n) is 3.98. The van der Waals surface area contributed by atoms with Gasteiger partial charge in [-0.3, -0.25) is 14.9 Å². The number of pyridine rings is 1. The van der Waals surface area contributed by atoms with Gasteiger partial charge in [0.2, 0.25) is 5.54 Å². The highest BCUT2D eigenvalue weighted by Crippen LogP contribution is 2.28. The number of imide groups is 1. The number of aromatic nitrogens is 2. The zero-order chi connectivity index (χ0) is 22.5. The van der Waals surface area contributed by atoms with E-state index < -0.39 is 17.5 Å². The Morgan fingerprint density at radius 3 is 2.78 bits per heavy atom. The number of fused-ring (bicyclic) bond motifs is 2. The number of nitrogens with zero attached hydrogens (tertiary/aromatic N) is 3. The van der Waals surface area contributed by atoms with Crippen LogP contribution in [0.2, 0.25) is 0 Å². The second-order valence-corrected chi connectivity index (χ2v) is 7.81. The molecule has 1 aromatic carbocycles. The van der Waals surface area contributed by atoms with Crippen LogP contribution in [0.25, 0.3) is 5.65 Å². The third-order valence-electron chi connectivity index (χ3n) is 5.56. The first-order valence-electron chi connectivity index (χ1n) is 9.95. The van der Waals surface area contributed by atoms with Crippen LogP contribution in [0.1, 0.15) is 27.2 Å². The molecular weight excluding hydrogens is 410 g/mol. The van der Waals surface area contributed by atoms with Crippen LogP contribution in [-0.2, 0) is 11.3 Å². The second kappa shape index (κ2) is 7.13. The minimum Gasteiger partial charge on any atom is -0.497 e. The highest BCUT2D eigenvalue weighted by atomic mass is 16.5. The number of amides is 4. The number of carbonyl (C=O) groups excluding carboxylic acids is 3. The highest BCUT2D eigenvalue weighted by Gasteiger charge is 2.48. The maximum absolute atomic E-state index is 13.0. The minimum atomic E-state index is -1.56. The Morgan fingerprint density at radius 1 is 1.19 bits per heavy atom. The summed E-state index contributed by atoms with van der Waals surface area (Å²) in [6.45, 7) is 2.12. The Morgan fingerprint density at radius 2 is 2.03 bits per heavy atom. The number of ether oxygens (including phenoxy) is 1. The molecule has 0 radical (unpaired) electrons. The topological polar surface area (TPSA) is 105 Å². The zero-order valence-corrected chi connectivity index (χ0v) is 17.4. The molecule has 160 valence electrons. The Kier molecular flexibility index (Phi) is 4.37. The summed E-state index contributed by atoms with van der Waals surface area (Å²) >= 11 is 0. The van der Waals surface area contributed by atoms with Crippen LogP contribution >= 0.6 is 0 Å². The van der Waals surface area contributed by atoms with Gasteiger partial charge in [0.15, 0.2) is 0 Å². The first-order valence-corrected chi connectivity index (χ1v) is 9.95. The van der Waals surface area contributed by atoms with Crippen LogP contribution in [0.15, 0.2) is 42.7 Å². The number of benzene rings is 1. The number of aryl methyl sites for hydroxylation is 1. The smallest absolute Gasteiger partial charge is 0.323 e. The molecule has 2 aromatic heterocycles. The van der Waals surface area contributed by atoms with Crippen molar-refractivity contribution in [2.75, 3.05) is 13.7 Å². The van der Waals surface area contributed by atoms with Crippen molar-refractivity contribution in [2.24, 2.45) is 0 Å². The van der Waals surface area contributed by atoms with E-state index in [0.29, 0.717) is 23.4 Å². The summed E-state index contributed by atoms with van der Waals surface area (Å²) in [7, 11) is 1.53. The molecular formula is C23H19N5O4. The standard InChI is InChI=1S/C23H19N5O4/c1-14-10-27-11-15(3-6-19(27)24-14)7-8-23(21(30)25-22(31)26-23)13-28-12-16-4-5-17(32-2)9-18(16)20(28)29/h3-6,9-11H,12-13H2,1-2H3,(H2,25,26,30,31)/t23-/m1/s1. The normalized spacial score (nSPS) is 19.4. The predicted octanol–water partition coefficient (Wildman–Crippen LogP) is 1.24. The maximum atomic E-state index is 13.0. The Bertz CT molecular complexity index is 1370. The van der Waals surface area contributed by atoms with Crippen molar-refractivity contribution in [2.45, 2.75) is 19.0 Å². The number of hydrogen-bond acceptors (Lipinski definition) is 5. The quantitative estimate of drug-likeness (QED) is 0.482. The summed E-state index contributed by atoms with van der Waals surface area (Å²) in [5.74, 6) is 5.63. The van der Waals surface area contributed by atoms with Gasteiger partial charge < -0.3 is 19.4 Å². The molecule has 1 saturated heterocycles. The summed E-state index contributed by atoms with van der Waals surface area (Å²) in [6.07, 6.45) is 3.67. The average molecular weight is 429 g/mol. The van der Waals surface area contributed by atoms with E-state index in [0.717, 1.165) is 16.9 Å². The van der Waals surface area contributed by atoms with E-state index in [1.807, 2.05) is 29.7 Å². The number of rotatable bonds is 3. The van der Waals surface area contributed by atoms with Gasteiger partial charge in [-0.25, -0.2) is 9.78 Å².